The number of thiophene rings is 1. The number of carbonyl (C=O) groups is 2. The maximum absolute atomic E-state index is 12.4. The first-order chi connectivity index (χ1) is 15.0. The molecule has 0 aliphatic carbocycles. The topological polar surface area (TPSA) is 85.0 Å². The molecule has 0 fully saturated rings. The molecule has 0 saturated heterocycles. The second kappa shape index (κ2) is 8.46. The maximum atomic E-state index is 12.4. The van der Waals surface area contributed by atoms with Gasteiger partial charge in [-0.15, -0.1) is 11.3 Å². The first-order valence-corrected chi connectivity index (χ1v) is 11.2. The number of aryl methyl sites for hydroxylation is 1. The molecule has 8 heteroatoms. The number of nitriles is 1. The Morgan fingerprint density at radius 1 is 1.23 bits per heavy atom. The Kier molecular flexibility index (Phi) is 5.72. The summed E-state index contributed by atoms with van der Waals surface area (Å²) < 4.78 is 6.56. The van der Waals surface area contributed by atoms with Gasteiger partial charge in [0.05, 0.1) is 29.9 Å². The molecule has 0 spiro atoms. The summed E-state index contributed by atoms with van der Waals surface area (Å²) in [6, 6.07) is 15.6. The van der Waals surface area contributed by atoms with E-state index in [4.69, 9.17) is 4.74 Å². The zero-order chi connectivity index (χ0) is 22.1. The molecule has 0 radical (unpaired) electrons. The molecule has 0 N–H and O–H groups in total. The molecular formula is C23H16BrN3O3S. The standard InChI is InChI=1S/C23H16BrN3O3S/c1-27-21(15-8-7-13-5-3-4-6-14(13)17(15)11-25)18(12-26-27)20-9-16(19(28)10-24)22(31-20)23(29)30-2/h3-9,12H,10H2,1-2H3. The van der Waals surface area contributed by atoms with Gasteiger partial charge < -0.3 is 4.74 Å². The fourth-order valence-corrected chi connectivity index (χ4v) is 4.98. The number of nitrogens with zero attached hydrogens (tertiary/aromatic N) is 3. The normalized spacial score (nSPS) is 10.8. The van der Waals surface area contributed by atoms with Gasteiger partial charge >= 0.3 is 5.97 Å². The van der Waals surface area contributed by atoms with E-state index in [0.29, 0.717) is 16.0 Å². The lowest BCUT2D eigenvalue weighted by Gasteiger charge is -2.10. The molecule has 0 atom stereocenters. The van der Waals surface area contributed by atoms with Crippen LogP contribution in [-0.2, 0) is 11.8 Å². The summed E-state index contributed by atoms with van der Waals surface area (Å²) in [5.74, 6) is -0.772. The highest BCUT2D eigenvalue weighted by molar-refractivity contribution is 9.09. The number of alkyl halides is 1. The predicted octanol–water partition coefficient (Wildman–Crippen LogP) is 5.20. The second-order valence-electron chi connectivity index (χ2n) is 6.75. The number of carbonyl (C=O) groups excluding carboxylic acids is 2. The van der Waals surface area contributed by atoms with Crippen LogP contribution in [0, 0.1) is 11.3 Å². The van der Waals surface area contributed by atoms with Crippen LogP contribution in [0.3, 0.4) is 0 Å². The van der Waals surface area contributed by atoms with Gasteiger partial charge in [-0.3, -0.25) is 9.48 Å². The number of benzene rings is 2. The summed E-state index contributed by atoms with van der Waals surface area (Å²) in [6.07, 6.45) is 1.68. The highest BCUT2D eigenvalue weighted by atomic mass is 79.9. The fourth-order valence-electron chi connectivity index (χ4n) is 3.57. The summed E-state index contributed by atoms with van der Waals surface area (Å²) >= 11 is 4.35. The van der Waals surface area contributed by atoms with Crippen molar-refractivity contribution >= 4 is 49.8 Å². The molecule has 4 aromatic rings. The predicted molar refractivity (Wildman–Crippen MR) is 124 cm³/mol. The van der Waals surface area contributed by atoms with Crippen LogP contribution in [0.4, 0.5) is 0 Å². The Morgan fingerprint density at radius 2 is 2.00 bits per heavy atom. The number of esters is 1. The number of ketones is 1. The van der Waals surface area contributed by atoms with Crippen molar-refractivity contribution in [3.05, 3.63) is 64.7 Å². The third kappa shape index (κ3) is 3.56. The minimum Gasteiger partial charge on any atom is -0.465 e. The number of Topliss-reactive ketones (excluding diaryl/α,β-unsaturated/α-hetero) is 1. The third-order valence-electron chi connectivity index (χ3n) is 5.02. The van der Waals surface area contributed by atoms with E-state index in [9.17, 15) is 14.9 Å². The number of fused-ring (bicyclic) bond motifs is 1. The van der Waals surface area contributed by atoms with E-state index in [1.165, 1.54) is 18.4 Å². The second-order valence-corrected chi connectivity index (χ2v) is 8.37. The van der Waals surface area contributed by atoms with E-state index in [1.54, 1.807) is 24.0 Å². The largest absolute Gasteiger partial charge is 0.465 e. The molecule has 0 bridgehead atoms. The molecule has 2 aromatic carbocycles. The Balaban J connectivity index is 1.96. The van der Waals surface area contributed by atoms with Gasteiger partial charge in [-0.1, -0.05) is 52.3 Å². The van der Waals surface area contributed by atoms with Crippen molar-refractivity contribution < 1.29 is 14.3 Å². The molecule has 0 saturated carbocycles. The summed E-state index contributed by atoms with van der Waals surface area (Å²) in [7, 11) is 3.09. The van der Waals surface area contributed by atoms with E-state index in [-0.39, 0.29) is 16.0 Å². The zero-order valence-corrected chi connectivity index (χ0v) is 19.1. The van der Waals surface area contributed by atoms with Gasteiger partial charge in [-0.2, -0.15) is 10.4 Å². The van der Waals surface area contributed by atoms with E-state index < -0.39 is 5.97 Å². The Labute approximate surface area is 190 Å². The van der Waals surface area contributed by atoms with Gasteiger partial charge in [0, 0.05) is 34.0 Å². The lowest BCUT2D eigenvalue weighted by atomic mass is 9.95. The van der Waals surface area contributed by atoms with Crippen molar-refractivity contribution in [3.8, 4) is 27.8 Å². The third-order valence-corrected chi connectivity index (χ3v) is 6.68. The quantitative estimate of drug-likeness (QED) is 0.216. The van der Waals surface area contributed by atoms with E-state index in [2.05, 4.69) is 27.1 Å². The van der Waals surface area contributed by atoms with Crippen LogP contribution in [-0.4, -0.2) is 34.0 Å². The lowest BCUT2D eigenvalue weighted by molar-refractivity contribution is 0.0603. The van der Waals surface area contributed by atoms with Gasteiger partial charge in [0.15, 0.2) is 5.78 Å². The van der Waals surface area contributed by atoms with E-state index in [1.807, 2.05) is 36.4 Å². The number of rotatable bonds is 5. The molecule has 2 aromatic heterocycles. The lowest BCUT2D eigenvalue weighted by Crippen LogP contribution is -2.07. The van der Waals surface area contributed by atoms with Crippen LogP contribution in [0.15, 0.2) is 48.7 Å². The van der Waals surface area contributed by atoms with Crippen molar-refractivity contribution in [2.24, 2.45) is 7.05 Å². The molecule has 0 unspecified atom stereocenters. The first-order valence-electron chi connectivity index (χ1n) is 9.26. The minimum atomic E-state index is -0.561. The van der Waals surface area contributed by atoms with Gasteiger partial charge in [0.1, 0.15) is 10.9 Å². The van der Waals surface area contributed by atoms with Crippen LogP contribution < -0.4 is 0 Å². The molecule has 154 valence electrons. The van der Waals surface area contributed by atoms with E-state index >= 15 is 0 Å². The molecule has 0 aliphatic heterocycles. The van der Waals surface area contributed by atoms with Gasteiger partial charge in [0.2, 0.25) is 0 Å². The number of methoxy groups -OCH3 is 1. The minimum absolute atomic E-state index is 0.0936. The Morgan fingerprint density at radius 3 is 2.71 bits per heavy atom. The van der Waals surface area contributed by atoms with Crippen LogP contribution >= 0.6 is 27.3 Å². The van der Waals surface area contributed by atoms with Crippen molar-refractivity contribution in [1.82, 2.24) is 9.78 Å². The highest BCUT2D eigenvalue weighted by Gasteiger charge is 2.25. The molecule has 4 rings (SSSR count). The summed E-state index contributed by atoms with van der Waals surface area (Å²) in [5.41, 5.74) is 3.05. The zero-order valence-electron chi connectivity index (χ0n) is 16.7. The summed E-state index contributed by atoms with van der Waals surface area (Å²) in [4.78, 5) is 25.6. The molecule has 31 heavy (non-hydrogen) atoms. The number of hydrogen-bond donors (Lipinski definition) is 0. The number of halogens is 1. The van der Waals surface area contributed by atoms with Gasteiger partial charge in [-0.25, -0.2) is 4.79 Å². The van der Waals surface area contributed by atoms with Crippen LogP contribution in [0.1, 0.15) is 25.6 Å². The number of hydrogen-bond acceptors (Lipinski definition) is 6. The highest BCUT2D eigenvalue weighted by Crippen LogP contribution is 2.40. The van der Waals surface area contributed by atoms with Crippen molar-refractivity contribution in [2.75, 3.05) is 12.4 Å². The average Bonchev–Trinajstić information content (AvgIpc) is 3.41. The monoisotopic (exact) mass is 493 g/mol. The van der Waals surface area contributed by atoms with Crippen molar-refractivity contribution in [1.29, 1.82) is 5.26 Å². The van der Waals surface area contributed by atoms with Crippen LogP contribution in [0.5, 0.6) is 0 Å². The Bertz CT molecular complexity index is 1350. The molecule has 0 aliphatic rings. The molecule has 2 heterocycles. The molecular weight excluding hydrogens is 478 g/mol. The average molecular weight is 494 g/mol. The smallest absolute Gasteiger partial charge is 0.348 e. The Hall–Kier alpha value is -3.28. The van der Waals surface area contributed by atoms with E-state index in [0.717, 1.165) is 27.6 Å². The first kappa shape index (κ1) is 21.0. The van der Waals surface area contributed by atoms with Crippen molar-refractivity contribution in [2.45, 2.75) is 0 Å². The summed E-state index contributed by atoms with van der Waals surface area (Å²) in [6.45, 7) is 0. The molecule has 0 amide bonds. The summed E-state index contributed by atoms with van der Waals surface area (Å²) in [5, 5.41) is 16.3. The molecule has 6 nitrogen and oxygen atoms in total. The number of ether oxygens (including phenoxy) is 1. The van der Waals surface area contributed by atoms with Crippen LogP contribution in [0.2, 0.25) is 0 Å². The van der Waals surface area contributed by atoms with Gasteiger partial charge in [0.25, 0.3) is 0 Å². The fraction of sp³-hybridized carbons (Fsp3) is 0.130. The SMILES string of the molecule is COC(=O)c1sc(-c2cnn(C)c2-c2ccc3ccccc3c2C#N)cc1C(=O)CBr. The maximum Gasteiger partial charge on any atom is 0.348 e. The number of aromatic nitrogens is 2. The van der Waals surface area contributed by atoms with Crippen LogP contribution in [0.25, 0.3) is 32.5 Å². The van der Waals surface area contributed by atoms with Gasteiger partial charge in [-0.05, 0) is 11.5 Å². The van der Waals surface area contributed by atoms with Crippen molar-refractivity contribution in [3.63, 3.8) is 0 Å².